The number of nitrogens with zero attached hydrogens (tertiary/aromatic N) is 1. The first-order valence-corrected chi connectivity index (χ1v) is 7.75. The van der Waals surface area contributed by atoms with Crippen LogP contribution in [0.25, 0.3) is 0 Å². The van der Waals surface area contributed by atoms with Gasteiger partial charge in [0.25, 0.3) is 5.91 Å². The molecule has 5 heteroatoms. The summed E-state index contributed by atoms with van der Waals surface area (Å²) in [5, 5.41) is 0. The Morgan fingerprint density at radius 3 is 2.90 bits per heavy atom. The van der Waals surface area contributed by atoms with Crippen molar-refractivity contribution in [2.75, 3.05) is 19.7 Å². The minimum absolute atomic E-state index is 0.0640. The van der Waals surface area contributed by atoms with Gasteiger partial charge in [-0.2, -0.15) is 0 Å². The molecule has 2 heterocycles. The molecule has 0 saturated carbocycles. The predicted molar refractivity (Wildman–Crippen MR) is 84.3 cm³/mol. The third-order valence-electron chi connectivity index (χ3n) is 3.79. The lowest BCUT2D eigenvalue weighted by Gasteiger charge is -2.33. The van der Waals surface area contributed by atoms with Crippen LogP contribution in [-0.2, 0) is 4.74 Å². The van der Waals surface area contributed by atoms with Gasteiger partial charge in [-0.15, -0.1) is 0 Å². The lowest BCUT2D eigenvalue weighted by atomic mass is 10.1. The Bertz CT molecular complexity index is 653. The Morgan fingerprint density at radius 1 is 1.38 bits per heavy atom. The van der Waals surface area contributed by atoms with Crippen LogP contribution < -0.4 is 0 Å². The zero-order chi connectivity index (χ0) is 14.8. The van der Waals surface area contributed by atoms with E-state index >= 15 is 0 Å². The number of benzene rings is 1. The third-order valence-corrected chi connectivity index (χ3v) is 4.51. The monoisotopic (exact) mass is 348 g/mol. The van der Waals surface area contributed by atoms with Crippen LogP contribution >= 0.6 is 15.9 Å². The maximum atomic E-state index is 12.6. The predicted octanol–water partition coefficient (Wildman–Crippen LogP) is 3.30. The van der Waals surface area contributed by atoms with Crippen LogP contribution in [0.1, 0.15) is 27.7 Å². The summed E-state index contributed by atoms with van der Waals surface area (Å²) in [7, 11) is 0. The van der Waals surface area contributed by atoms with Crippen molar-refractivity contribution < 1.29 is 9.53 Å². The maximum Gasteiger partial charge on any atom is 0.255 e. The highest BCUT2D eigenvalue weighted by molar-refractivity contribution is 9.10. The average molecular weight is 349 g/mol. The van der Waals surface area contributed by atoms with Crippen LogP contribution in [0.3, 0.4) is 0 Å². The molecule has 0 radical (unpaired) electrons. The van der Waals surface area contributed by atoms with Crippen LogP contribution in [0.4, 0.5) is 0 Å². The van der Waals surface area contributed by atoms with Crippen LogP contribution in [0.2, 0.25) is 0 Å². The third kappa shape index (κ3) is 2.89. The number of aromatic amines is 1. The SMILES string of the molecule is Cc1[nH]ccc1C(=O)N1CCOC(c2ccccc2Br)C1. The molecular formula is C16H17BrN2O2. The highest BCUT2D eigenvalue weighted by Crippen LogP contribution is 2.29. The molecule has 110 valence electrons. The Hall–Kier alpha value is -1.59. The molecule has 1 aromatic carbocycles. The van der Waals surface area contributed by atoms with Crippen LogP contribution in [0, 0.1) is 6.92 Å². The molecule has 1 atom stereocenters. The van der Waals surface area contributed by atoms with Crippen molar-refractivity contribution in [3.63, 3.8) is 0 Å². The summed E-state index contributed by atoms with van der Waals surface area (Å²) in [6.45, 7) is 3.68. The lowest BCUT2D eigenvalue weighted by Crippen LogP contribution is -2.42. The topological polar surface area (TPSA) is 45.3 Å². The quantitative estimate of drug-likeness (QED) is 0.904. The Balaban J connectivity index is 1.79. The number of halogens is 1. The molecule has 2 aromatic rings. The highest BCUT2D eigenvalue weighted by Gasteiger charge is 2.27. The zero-order valence-electron chi connectivity index (χ0n) is 11.8. The van der Waals surface area contributed by atoms with Crippen molar-refractivity contribution in [2.45, 2.75) is 13.0 Å². The van der Waals surface area contributed by atoms with Gasteiger partial charge in [0, 0.05) is 22.9 Å². The van der Waals surface area contributed by atoms with Crippen LogP contribution in [0.15, 0.2) is 41.0 Å². The second-order valence-corrected chi connectivity index (χ2v) is 6.00. The standard InChI is InChI=1S/C16H17BrN2O2/c1-11-12(6-7-18-11)16(20)19-8-9-21-15(10-19)13-4-2-3-5-14(13)17/h2-7,15,18H,8-10H2,1H3. The van der Waals surface area contributed by atoms with E-state index in [1.54, 1.807) is 6.20 Å². The highest BCUT2D eigenvalue weighted by atomic mass is 79.9. The summed E-state index contributed by atoms with van der Waals surface area (Å²) in [6.07, 6.45) is 1.71. The van der Waals surface area contributed by atoms with Crippen LogP contribution in [0.5, 0.6) is 0 Å². The molecule has 1 aliphatic heterocycles. The number of aromatic nitrogens is 1. The molecule has 1 fully saturated rings. The molecule has 1 saturated heterocycles. The molecule has 0 bridgehead atoms. The molecule has 0 aliphatic carbocycles. The van der Waals surface area contributed by atoms with Crippen molar-refractivity contribution in [1.82, 2.24) is 9.88 Å². The van der Waals surface area contributed by atoms with Gasteiger partial charge in [0.15, 0.2) is 0 Å². The van der Waals surface area contributed by atoms with E-state index in [4.69, 9.17) is 4.74 Å². The minimum atomic E-state index is -0.0856. The summed E-state index contributed by atoms with van der Waals surface area (Å²) < 4.78 is 6.86. The first-order chi connectivity index (χ1) is 10.2. The number of H-pyrrole nitrogens is 1. The lowest BCUT2D eigenvalue weighted by molar-refractivity contribution is -0.0231. The van der Waals surface area contributed by atoms with E-state index in [-0.39, 0.29) is 12.0 Å². The zero-order valence-corrected chi connectivity index (χ0v) is 13.4. The van der Waals surface area contributed by atoms with E-state index in [0.717, 1.165) is 21.3 Å². The Labute approximate surface area is 132 Å². The molecule has 1 amide bonds. The number of aryl methyl sites for hydroxylation is 1. The molecule has 21 heavy (non-hydrogen) atoms. The van der Waals surface area contributed by atoms with Gasteiger partial charge in [-0.3, -0.25) is 4.79 Å². The summed E-state index contributed by atoms with van der Waals surface area (Å²) in [5.41, 5.74) is 2.73. The second-order valence-electron chi connectivity index (χ2n) is 5.15. The van der Waals surface area contributed by atoms with Crippen molar-refractivity contribution in [3.05, 3.63) is 57.8 Å². The molecule has 3 rings (SSSR count). The molecule has 0 spiro atoms. The summed E-state index contributed by atoms with van der Waals surface area (Å²) in [4.78, 5) is 17.5. The number of morpholine rings is 1. The molecule has 1 aromatic heterocycles. The van der Waals surface area contributed by atoms with E-state index in [9.17, 15) is 4.79 Å². The number of nitrogens with one attached hydrogen (secondary N) is 1. The van der Waals surface area contributed by atoms with Crippen molar-refractivity contribution >= 4 is 21.8 Å². The van der Waals surface area contributed by atoms with Crippen molar-refractivity contribution in [2.24, 2.45) is 0 Å². The van der Waals surface area contributed by atoms with Gasteiger partial charge in [0.05, 0.1) is 18.7 Å². The van der Waals surface area contributed by atoms with Gasteiger partial charge >= 0.3 is 0 Å². The van der Waals surface area contributed by atoms with Gasteiger partial charge < -0.3 is 14.6 Å². The van der Waals surface area contributed by atoms with Gasteiger partial charge in [0.1, 0.15) is 6.10 Å². The van der Waals surface area contributed by atoms with E-state index in [0.29, 0.717) is 19.7 Å². The molecule has 1 aliphatic rings. The Kier molecular flexibility index (Phi) is 4.12. The summed E-state index contributed by atoms with van der Waals surface area (Å²) in [6, 6.07) is 9.82. The second kappa shape index (κ2) is 6.03. The van der Waals surface area contributed by atoms with E-state index in [2.05, 4.69) is 20.9 Å². The van der Waals surface area contributed by atoms with Gasteiger partial charge in [-0.1, -0.05) is 34.1 Å². The van der Waals surface area contributed by atoms with Crippen molar-refractivity contribution in [3.8, 4) is 0 Å². The van der Waals surface area contributed by atoms with E-state index in [1.807, 2.05) is 42.2 Å². The fourth-order valence-electron chi connectivity index (χ4n) is 2.61. The largest absolute Gasteiger partial charge is 0.370 e. The molecule has 1 unspecified atom stereocenters. The number of carbonyl (C=O) groups is 1. The number of amides is 1. The van der Waals surface area contributed by atoms with Gasteiger partial charge in [-0.05, 0) is 24.6 Å². The van der Waals surface area contributed by atoms with Gasteiger partial charge in [0.2, 0.25) is 0 Å². The summed E-state index contributed by atoms with van der Waals surface area (Å²) in [5.74, 6) is 0.0640. The molecule has 4 nitrogen and oxygen atoms in total. The van der Waals surface area contributed by atoms with Gasteiger partial charge in [-0.25, -0.2) is 0 Å². The maximum absolute atomic E-state index is 12.6. The van der Waals surface area contributed by atoms with Crippen molar-refractivity contribution in [1.29, 1.82) is 0 Å². The average Bonchev–Trinajstić information content (AvgIpc) is 2.93. The summed E-state index contributed by atoms with van der Waals surface area (Å²) >= 11 is 3.55. The normalized spacial score (nSPS) is 18.8. The molecule has 1 N–H and O–H groups in total. The smallest absolute Gasteiger partial charge is 0.255 e. The minimum Gasteiger partial charge on any atom is -0.370 e. The number of carbonyl (C=O) groups excluding carboxylic acids is 1. The van der Waals surface area contributed by atoms with E-state index in [1.165, 1.54) is 0 Å². The number of hydrogen-bond donors (Lipinski definition) is 1. The van der Waals surface area contributed by atoms with Crippen LogP contribution in [-0.4, -0.2) is 35.5 Å². The fourth-order valence-corrected chi connectivity index (χ4v) is 3.15. The number of ether oxygens (including phenoxy) is 1. The number of rotatable bonds is 2. The Morgan fingerprint density at radius 2 is 2.19 bits per heavy atom. The first kappa shape index (κ1) is 14.4. The van der Waals surface area contributed by atoms with E-state index < -0.39 is 0 Å². The fraction of sp³-hybridized carbons (Fsp3) is 0.312. The number of hydrogen-bond acceptors (Lipinski definition) is 2. The molecular weight excluding hydrogens is 332 g/mol. The first-order valence-electron chi connectivity index (χ1n) is 6.96.